The van der Waals surface area contributed by atoms with Gasteiger partial charge in [-0.25, -0.2) is 9.97 Å². The molecule has 0 amide bonds. The van der Waals surface area contributed by atoms with E-state index in [9.17, 15) is 0 Å². The van der Waals surface area contributed by atoms with Crippen LogP contribution in [0.2, 0.25) is 0 Å². The van der Waals surface area contributed by atoms with Crippen LogP contribution in [0.25, 0.3) is 0 Å². The van der Waals surface area contributed by atoms with Crippen molar-refractivity contribution >= 4 is 11.5 Å². The molecule has 7 heteroatoms. The number of nitrogens with two attached hydrogens (primary N) is 1. The van der Waals surface area contributed by atoms with Crippen LogP contribution in [0.4, 0.5) is 5.82 Å². The highest BCUT2D eigenvalue weighted by Crippen LogP contribution is 2.26. The fourth-order valence-corrected chi connectivity index (χ4v) is 3.15. The van der Waals surface area contributed by atoms with Crippen LogP contribution in [0.5, 0.6) is 0 Å². The highest BCUT2D eigenvalue weighted by molar-refractivity contribution is 6.14. The van der Waals surface area contributed by atoms with E-state index < -0.39 is 0 Å². The van der Waals surface area contributed by atoms with Gasteiger partial charge >= 0.3 is 0 Å². The number of rotatable bonds is 2. The number of hydrogen-bond acceptors (Lipinski definition) is 6. The Labute approximate surface area is 135 Å². The van der Waals surface area contributed by atoms with Crippen LogP contribution >= 0.6 is 0 Å². The third kappa shape index (κ3) is 2.50. The molecule has 1 saturated heterocycles. The number of aromatic amines is 1. The first kappa shape index (κ1) is 14.3. The molecule has 2 aliphatic heterocycles. The SMILES string of the molecule is Cc1[nH]ncc1C1=NCc2nc(N3CCC(C)(N)CC3)cnc21. The van der Waals surface area contributed by atoms with E-state index in [-0.39, 0.29) is 5.54 Å². The van der Waals surface area contributed by atoms with Crippen molar-refractivity contribution in [2.75, 3.05) is 18.0 Å². The maximum Gasteiger partial charge on any atom is 0.147 e. The van der Waals surface area contributed by atoms with E-state index in [0.717, 1.165) is 60.1 Å². The summed E-state index contributed by atoms with van der Waals surface area (Å²) in [4.78, 5) is 16.3. The molecule has 0 aliphatic carbocycles. The molecule has 0 unspecified atom stereocenters. The molecule has 0 aromatic carbocycles. The Morgan fingerprint density at radius 2 is 2.04 bits per heavy atom. The Morgan fingerprint density at radius 3 is 2.74 bits per heavy atom. The topological polar surface area (TPSA) is 96.1 Å². The molecular formula is C16H21N7. The van der Waals surface area contributed by atoms with Crippen molar-refractivity contribution < 1.29 is 0 Å². The molecule has 1 fully saturated rings. The minimum absolute atomic E-state index is 0.0598. The molecule has 4 rings (SSSR count). The summed E-state index contributed by atoms with van der Waals surface area (Å²) in [6.45, 7) is 6.54. The summed E-state index contributed by atoms with van der Waals surface area (Å²) in [6, 6.07) is 0. The Kier molecular flexibility index (Phi) is 3.19. The van der Waals surface area contributed by atoms with Gasteiger partial charge in [0, 0.05) is 29.9 Å². The highest BCUT2D eigenvalue weighted by Gasteiger charge is 2.28. The van der Waals surface area contributed by atoms with Crippen molar-refractivity contribution in [2.24, 2.45) is 10.7 Å². The third-order valence-corrected chi connectivity index (χ3v) is 4.76. The summed E-state index contributed by atoms with van der Waals surface area (Å²) in [5.41, 5.74) is 10.9. The van der Waals surface area contributed by atoms with Crippen molar-refractivity contribution in [3.05, 3.63) is 35.0 Å². The largest absolute Gasteiger partial charge is 0.355 e. The molecular weight excluding hydrogens is 290 g/mol. The molecule has 23 heavy (non-hydrogen) atoms. The lowest BCUT2D eigenvalue weighted by atomic mass is 9.91. The van der Waals surface area contributed by atoms with Crippen LogP contribution in [0, 0.1) is 6.92 Å². The fourth-order valence-electron chi connectivity index (χ4n) is 3.15. The second-order valence-corrected chi connectivity index (χ2v) is 6.74. The first-order valence-electron chi connectivity index (χ1n) is 7.98. The van der Waals surface area contributed by atoms with Gasteiger partial charge in [0.1, 0.15) is 11.5 Å². The van der Waals surface area contributed by atoms with E-state index in [1.807, 2.05) is 13.1 Å². The van der Waals surface area contributed by atoms with E-state index in [2.05, 4.69) is 32.0 Å². The maximum atomic E-state index is 6.20. The van der Waals surface area contributed by atoms with Crippen molar-refractivity contribution in [1.82, 2.24) is 20.2 Å². The Bertz CT molecular complexity index is 764. The molecule has 4 heterocycles. The average Bonchev–Trinajstić information content (AvgIpc) is 3.12. The molecule has 0 atom stereocenters. The number of anilines is 1. The first-order chi connectivity index (χ1) is 11.0. The van der Waals surface area contributed by atoms with Gasteiger partial charge in [-0.1, -0.05) is 0 Å². The van der Waals surface area contributed by atoms with Crippen molar-refractivity contribution in [2.45, 2.75) is 38.8 Å². The second kappa shape index (κ2) is 5.13. The summed E-state index contributed by atoms with van der Waals surface area (Å²) >= 11 is 0. The summed E-state index contributed by atoms with van der Waals surface area (Å²) in [5, 5.41) is 7.02. The van der Waals surface area contributed by atoms with E-state index in [0.29, 0.717) is 6.54 Å². The zero-order chi connectivity index (χ0) is 16.0. The van der Waals surface area contributed by atoms with Crippen LogP contribution in [-0.2, 0) is 6.54 Å². The van der Waals surface area contributed by atoms with Crippen LogP contribution < -0.4 is 10.6 Å². The number of nitrogens with one attached hydrogen (secondary N) is 1. The van der Waals surface area contributed by atoms with Gasteiger partial charge in [0.05, 0.1) is 30.3 Å². The Morgan fingerprint density at radius 1 is 1.26 bits per heavy atom. The van der Waals surface area contributed by atoms with Crippen molar-refractivity contribution in [1.29, 1.82) is 0 Å². The molecule has 0 radical (unpaired) electrons. The minimum atomic E-state index is -0.0598. The number of aryl methyl sites for hydroxylation is 1. The number of hydrogen-bond donors (Lipinski definition) is 2. The summed E-state index contributed by atoms with van der Waals surface area (Å²) < 4.78 is 0. The van der Waals surface area contributed by atoms with Crippen LogP contribution in [-0.4, -0.2) is 44.5 Å². The number of piperidine rings is 1. The van der Waals surface area contributed by atoms with Crippen molar-refractivity contribution in [3.8, 4) is 0 Å². The highest BCUT2D eigenvalue weighted by atomic mass is 15.2. The molecule has 7 nitrogen and oxygen atoms in total. The zero-order valence-electron chi connectivity index (χ0n) is 13.5. The minimum Gasteiger partial charge on any atom is -0.355 e. The predicted octanol–water partition coefficient (Wildman–Crippen LogP) is 1.18. The molecule has 0 spiro atoms. The Balaban J connectivity index is 1.59. The van der Waals surface area contributed by atoms with Crippen LogP contribution in [0.1, 0.15) is 42.4 Å². The summed E-state index contributed by atoms with van der Waals surface area (Å²) in [5.74, 6) is 0.930. The van der Waals surface area contributed by atoms with Crippen molar-refractivity contribution in [3.63, 3.8) is 0 Å². The summed E-state index contributed by atoms with van der Waals surface area (Å²) in [6.07, 6.45) is 5.60. The molecule has 2 aromatic rings. The third-order valence-electron chi connectivity index (χ3n) is 4.76. The fraction of sp³-hybridized carbons (Fsp3) is 0.500. The van der Waals surface area contributed by atoms with Gasteiger partial charge in [-0.15, -0.1) is 0 Å². The number of aromatic nitrogens is 4. The number of nitrogens with zero attached hydrogens (tertiary/aromatic N) is 5. The molecule has 2 aliphatic rings. The van der Waals surface area contributed by atoms with E-state index in [4.69, 9.17) is 10.7 Å². The molecule has 0 saturated carbocycles. The molecule has 0 bridgehead atoms. The Hall–Kier alpha value is -2.28. The van der Waals surface area contributed by atoms with Crippen LogP contribution in [0.15, 0.2) is 17.4 Å². The second-order valence-electron chi connectivity index (χ2n) is 6.74. The zero-order valence-corrected chi connectivity index (χ0v) is 13.5. The average molecular weight is 311 g/mol. The quantitative estimate of drug-likeness (QED) is 0.868. The van der Waals surface area contributed by atoms with Gasteiger partial charge in [-0.3, -0.25) is 10.1 Å². The predicted molar refractivity (Wildman–Crippen MR) is 88.7 cm³/mol. The smallest absolute Gasteiger partial charge is 0.147 e. The monoisotopic (exact) mass is 311 g/mol. The molecule has 3 N–H and O–H groups in total. The van der Waals surface area contributed by atoms with Gasteiger partial charge in [0.2, 0.25) is 0 Å². The first-order valence-corrected chi connectivity index (χ1v) is 7.98. The molecule has 120 valence electrons. The van der Waals surface area contributed by atoms with Gasteiger partial charge < -0.3 is 10.6 Å². The standard InChI is InChI=1S/C16H21N7/c1-10-11(7-20-22-10)14-15-12(8-18-14)21-13(9-19-15)23-5-3-16(2,17)4-6-23/h7,9H,3-6,8,17H2,1-2H3,(H,20,22). The van der Waals surface area contributed by atoms with Gasteiger partial charge in [0.15, 0.2) is 0 Å². The summed E-state index contributed by atoms with van der Waals surface area (Å²) in [7, 11) is 0. The lowest BCUT2D eigenvalue weighted by Crippen LogP contribution is -2.48. The maximum absolute atomic E-state index is 6.20. The number of aliphatic imine (C=N–C) groups is 1. The lowest BCUT2D eigenvalue weighted by Gasteiger charge is -2.37. The molecule has 2 aromatic heterocycles. The lowest BCUT2D eigenvalue weighted by molar-refractivity contribution is 0.363. The van der Waals surface area contributed by atoms with E-state index in [1.54, 1.807) is 6.20 Å². The normalized spacial score (nSPS) is 19.6. The van der Waals surface area contributed by atoms with Gasteiger partial charge in [0.25, 0.3) is 0 Å². The van der Waals surface area contributed by atoms with E-state index in [1.165, 1.54) is 0 Å². The van der Waals surface area contributed by atoms with Gasteiger partial charge in [-0.2, -0.15) is 5.10 Å². The van der Waals surface area contributed by atoms with Gasteiger partial charge in [-0.05, 0) is 26.7 Å². The van der Waals surface area contributed by atoms with Crippen LogP contribution in [0.3, 0.4) is 0 Å². The number of H-pyrrole nitrogens is 1. The number of fused-ring (bicyclic) bond motifs is 1. The van der Waals surface area contributed by atoms with E-state index >= 15 is 0 Å².